The molecule has 4 nitrogen and oxygen atoms in total. The van der Waals surface area contributed by atoms with Gasteiger partial charge < -0.3 is 5.32 Å². The lowest BCUT2D eigenvalue weighted by molar-refractivity contribution is 0.0942. The summed E-state index contributed by atoms with van der Waals surface area (Å²) in [5, 5.41) is 3.41. The summed E-state index contributed by atoms with van der Waals surface area (Å²) >= 11 is 11.8. The highest BCUT2D eigenvalue weighted by Gasteiger charge is 2.16. The van der Waals surface area contributed by atoms with Gasteiger partial charge in [0.1, 0.15) is 10.8 Å². The second kappa shape index (κ2) is 7.30. The summed E-state index contributed by atoms with van der Waals surface area (Å²) in [7, 11) is 0. The zero-order valence-corrected chi connectivity index (χ0v) is 14.1. The number of nitrogens with one attached hydrogen (secondary N) is 1. The van der Waals surface area contributed by atoms with Crippen molar-refractivity contribution in [1.82, 2.24) is 15.2 Å². The lowest BCUT2D eigenvalue weighted by Crippen LogP contribution is -2.38. The number of hydrogen-bond donors (Lipinski definition) is 1. The number of halogens is 2. The molecule has 0 unspecified atom stereocenters. The van der Waals surface area contributed by atoms with Crippen LogP contribution in [-0.4, -0.2) is 35.4 Å². The molecular formula is C17H17Cl2N3O. The van der Waals surface area contributed by atoms with Gasteiger partial charge in [-0.1, -0.05) is 47.5 Å². The Morgan fingerprint density at radius 3 is 2.78 bits per heavy atom. The highest BCUT2D eigenvalue weighted by atomic mass is 35.5. The fourth-order valence-electron chi connectivity index (χ4n) is 2.73. The fraction of sp³-hybridized carbons (Fsp3) is 0.294. The number of carbonyl (C=O) groups is 1. The predicted octanol–water partition coefficient (Wildman–Crippen LogP) is 3.18. The van der Waals surface area contributed by atoms with E-state index in [1.807, 2.05) is 0 Å². The summed E-state index contributed by atoms with van der Waals surface area (Å²) in [6.07, 6.45) is 1.05. The van der Waals surface area contributed by atoms with Crippen molar-refractivity contribution in [2.45, 2.75) is 13.0 Å². The summed E-state index contributed by atoms with van der Waals surface area (Å²) in [6.45, 7) is 3.26. The average molecular weight is 350 g/mol. The van der Waals surface area contributed by atoms with Gasteiger partial charge in [-0.15, -0.1) is 0 Å². The van der Waals surface area contributed by atoms with Gasteiger partial charge in [-0.3, -0.25) is 9.69 Å². The Balaban J connectivity index is 1.52. The van der Waals surface area contributed by atoms with Gasteiger partial charge in [0.2, 0.25) is 0 Å². The van der Waals surface area contributed by atoms with Crippen molar-refractivity contribution in [2.24, 2.45) is 0 Å². The van der Waals surface area contributed by atoms with Crippen molar-refractivity contribution in [3.63, 3.8) is 0 Å². The van der Waals surface area contributed by atoms with Crippen LogP contribution in [0.3, 0.4) is 0 Å². The van der Waals surface area contributed by atoms with Crippen LogP contribution >= 0.6 is 23.2 Å². The van der Waals surface area contributed by atoms with E-state index in [-0.39, 0.29) is 16.8 Å². The molecule has 0 saturated carbocycles. The van der Waals surface area contributed by atoms with Crippen LogP contribution in [-0.2, 0) is 13.0 Å². The molecule has 2 aromatic rings. The van der Waals surface area contributed by atoms with Crippen LogP contribution in [0.15, 0.2) is 36.4 Å². The number of amides is 1. The first-order valence-corrected chi connectivity index (χ1v) is 8.28. The molecule has 0 bridgehead atoms. The minimum atomic E-state index is -0.296. The third-order valence-electron chi connectivity index (χ3n) is 3.95. The van der Waals surface area contributed by atoms with E-state index in [1.54, 1.807) is 12.1 Å². The standard InChI is InChI=1S/C17H17Cl2N3O/c18-14-5-6-15(19)21-16(14)17(23)20-8-10-22-9-7-12-3-1-2-4-13(12)11-22/h1-6H,7-11H2,(H,20,23). The van der Waals surface area contributed by atoms with Gasteiger partial charge >= 0.3 is 0 Å². The van der Waals surface area contributed by atoms with Gasteiger partial charge in [-0.25, -0.2) is 4.98 Å². The molecule has 1 aliphatic rings. The van der Waals surface area contributed by atoms with Crippen molar-refractivity contribution in [3.05, 3.63) is 63.4 Å². The molecule has 3 rings (SSSR count). The lowest BCUT2D eigenvalue weighted by atomic mass is 10.00. The third kappa shape index (κ3) is 4.02. The van der Waals surface area contributed by atoms with Crippen molar-refractivity contribution >= 4 is 29.1 Å². The smallest absolute Gasteiger partial charge is 0.271 e. The molecule has 0 aliphatic carbocycles. The second-order valence-corrected chi connectivity index (χ2v) is 6.31. The topological polar surface area (TPSA) is 45.2 Å². The van der Waals surface area contributed by atoms with Crippen LogP contribution in [0.25, 0.3) is 0 Å². The Bertz CT molecular complexity index is 721. The van der Waals surface area contributed by atoms with Crippen molar-refractivity contribution in [1.29, 1.82) is 0 Å². The number of rotatable bonds is 4. The summed E-state index contributed by atoms with van der Waals surface area (Å²) in [5.74, 6) is -0.296. The molecule has 1 aliphatic heterocycles. The van der Waals surface area contributed by atoms with Gasteiger partial charge in [0, 0.05) is 26.2 Å². The first-order chi connectivity index (χ1) is 11.1. The normalized spacial score (nSPS) is 14.3. The van der Waals surface area contributed by atoms with Crippen molar-refractivity contribution < 1.29 is 4.79 Å². The maximum atomic E-state index is 12.1. The van der Waals surface area contributed by atoms with E-state index < -0.39 is 0 Å². The van der Waals surface area contributed by atoms with Gasteiger partial charge in [0.25, 0.3) is 5.91 Å². The van der Waals surface area contributed by atoms with Gasteiger partial charge in [-0.05, 0) is 29.7 Å². The quantitative estimate of drug-likeness (QED) is 0.862. The first-order valence-electron chi connectivity index (χ1n) is 7.53. The molecule has 1 amide bonds. The van der Waals surface area contributed by atoms with E-state index in [1.165, 1.54) is 11.1 Å². The third-order valence-corrected chi connectivity index (χ3v) is 4.47. The highest BCUT2D eigenvalue weighted by Crippen LogP contribution is 2.18. The average Bonchev–Trinajstić information content (AvgIpc) is 2.57. The maximum absolute atomic E-state index is 12.1. The Morgan fingerprint density at radius 1 is 1.17 bits per heavy atom. The molecule has 6 heteroatoms. The fourth-order valence-corrected chi connectivity index (χ4v) is 3.07. The van der Waals surface area contributed by atoms with E-state index in [0.29, 0.717) is 11.6 Å². The van der Waals surface area contributed by atoms with E-state index in [9.17, 15) is 4.79 Å². The van der Waals surface area contributed by atoms with E-state index >= 15 is 0 Å². The molecule has 0 radical (unpaired) electrons. The van der Waals surface area contributed by atoms with Crippen molar-refractivity contribution in [3.8, 4) is 0 Å². The molecule has 120 valence electrons. The van der Waals surface area contributed by atoms with Crippen LogP contribution < -0.4 is 5.32 Å². The van der Waals surface area contributed by atoms with E-state index in [4.69, 9.17) is 23.2 Å². The Hall–Kier alpha value is -1.62. The minimum Gasteiger partial charge on any atom is -0.349 e. The maximum Gasteiger partial charge on any atom is 0.271 e. The number of pyridine rings is 1. The van der Waals surface area contributed by atoms with Crippen molar-refractivity contribution in [2.75, 3.05) is 19.6 Å². The molecule has 1 aromatic carbocycles. The van der Waals surface area contributed by atoms with E-state index in [2.05, 4.69) is 39.5 Å². The monoisotopic (exact) mass is 349 g/mol. The molecule has 0 fully saturated rings. The number of carbonyl (C=O) groups excluding carboxylic acids is 1. The zero-order valence-electron chi connectivity index (χ0n) is 12.6. The number of benzene rings is 1. The molecule has 0 atom stereocenters. The van der Waals surface area contributed by atoms with E-state index in [0.717, 1.165) is 26.1 Å². The number of hydrogen-bond acceptors (Lipinski definition) is 3. The summed E-state index contributed by atoms with van der Waals surface area (Å²) in [6, 6.07) is 11.6. The molecule has 2 heterocycles. The molecular weight excluding hydrogens is 333 g/mol. The number of aromatic nitrogens is 1. The summed E-state index contributed by atoms with van der Waals surface area (Å²) in [5.41, 5.74) is 2.95. The largest absolute Gasteiger partial charge is 0.349 e. The zero-order chi connectivity index (χ0) is 16.2. The van der Waals surface area contributed by atoms with Gasteiger partial charge in [0.15, 0.2) is 0 Å². The molecule has 0 spiro atoms. The highest BCUT2D eigenvalue weighted by molar-refractivity contribution is 6.34. The van der Waals surface area contributed by atoms with Crippen LogP contribution in [0.5, 0.6) is 0 Å². The first kappa shape index (κ1) is 16.2. The molecule has 1 aromatic heterocycles. The Kier molecular flexibility index (Phi) is 5.16. The van der Waals surface area contributed by atoms with Crippen LogP contribution in [0.2, 0.25) is 10.2 Å². The minimum absolute atomic E-state index is 0.170. The number of nitrogens with zero attached hydrogens (tertiary/aromatic N) is 2. The molecule has 23 heavy (non-hydrogen) atoms. The Morgan fingerprint density at radius 2 is 1.96 bits per heavy atom. The lowest BCUT2D eigenvalue weighted by Gasteiger charge is -2.28. The summed E-state index contributed by atoms with van der Waals surface area (Å²) in [4.78, 5) is 18.4. The molecule has 1 N–H and O–H groups in total. The van der Waals surface area contributed by atoms with Gasteiger partial charge in [0.05, 0.1) is 5.02 Å². The molecule has 0 saturated heterocycles. The summed E-state index contributed by atoms with van der Waals surface area (Å²) < 4.78 is 0. The van der Waals surface area contributed by atoms with Crippen LogP contribution in [0.4, 0.5) is 0 Å². The predicted molar refractivity (Wildman–Crippen MR) is 92.0 cm³/mol. The van der Waals surface area contributed by atoms with Crippen LogP contribution in [0, 0.1) is 0 Å². The number of fused-ring (bicyclic) bond motifs is 1. The van der Waals surface area contributed by atoms with Gasteiger partial charge in [-0.2, -0.15) is 0 Å². The van der Waals surface area contributed by atoms with Crippen LogP contribution in [0.1, 0.15) is 21.6 Å². The second-order valence-electron chi connectivity index (χ2n) is 5.52. The Labute approximate surface area is 145 Å². The SMILES string of the molecule is O=C(NCCN1CCc2ccccc2C1)c1nc(Cl)ccc1Cl.